The fourth-order valence-corrected chi connectivity index (χ4v) is 4.32. The molecule has 4 aromatic heterocycles. The molecule has 4 aromatic rings. The zero-order valence-corrected chi connectivity index (χ0v) is 18.3. The molecule has 7 nitrogen and oxygen atoms in total. The third-order valence-corrected chi connectivity index (χ3v) is 6.83. The Morgan fingerprint density at radius 1 is 1.06 bits per heavy atom. The Bertz CT molecular complexity index is 1430. The smallest absolute Gasteiger partial charge is 0.324 e. The molecule has 0 aliphatic rings. The number of aromatic nitrogens is 5. The Morgan fingerprint density at radius 3 is 2.44 bits per heavy atom. The second kappa shape index (κ2) is 7.82. The quantitative estimate of drug-likeness (QED) is 0.424. The van der Waals surface area contributed by atoms with Crippen molar-refractivity contribution >= 4 is 32.5 Å². The van der Waals surface area contributed by atoms with Crippen LogP contribution in [-0.4, -0.2) is 38.7 Å². The lowest BCUT2D eigenvalue weighted by Crippen LogP contribution is -2.09. The van der Waals surface area contributed by atoms with Crippen molar-refractivity contribution < 1.29 is 21.6 Å². The van der Waals surface area contributed by atoms with Gasteiger partial charge in [0.05, 0.1) is 38.6 Å². The summed E-state index contributed by atoms with van der Waals surface area (Å²) < 4.78 is 66.3. The van der Waals surface area contributed by atoms with Crippen molar-refractivity contribution in [2.24, 2.45) is 7.05 Å². The molecular weight excluding hydrogens is 467 g/mol. The minimum absolute atomic E-state index is 0.0231. The van der Waals surface area contributed by atoms with Gasteiger partial charge in [0.15, 0.2) is 15.7 Å². The maximum atomic E-state index is 13.0. The number of halogens is 4. The zero-order chi connectivity index (χ0) is 23.3. The average Bonchev–Trinajstić information content (AvgIpc) is 3.09. The highest BCUT2D eigenvalue weighted by Gasteiger charge is 2.33. The molecule has 32 heavy (non-hydrogen) atoms. The number of sulfone groups is 1. The first-order valence-corrected chi connectivity index (χ1v) is 11.3. The van der Waals surface area contributed by atoms with Crippen LogP contribution in [0.25, 0.3) is 33.8 Å². The summed E-state index contributed by atoms with van der Waals surface area (Å²) in [6.45, 7) is 1.49. The monoisotopic (exact) mass is 481 g/mol. The van der Waals surface area contributed by atoms with E-state index in [-0.39, 0.29) is 27.7 Å². The molecule has 0 aromatic carbocycles. The Hall–Kier alpha value is -3.05. The summed E-state index contributed by atoms with van der Waals surface area (Å²) in [6.07, 6.45) is -0.725. The van der Waals surface area contributed by atoms with Gasteiger partial charge in [-0.1, -0.05) is 18.5 Å². The highest BCUT2D eigenvalue weighted by Crippen LogP contribution is 2.33. The summed E-state index contributed by atoms with van der Waals surface area (Å²) in [5.41, 5.74) is 0.167. The first-order valence-electron chi connectivity index (χ1n) is 9.26. The van der Waals surface area contributed by atoms with E-state index < -0.39 is 21.7 Å². The van der Waals surface area contributed by atoms with Crippen LogP contribution < -0.4 is 0 Å². The van der Waals surface area contributed by atoms with Crippen molar-refractivity contribution in [2.75, 3.05) is 5.75 Å². The van der Waals surface area contributed by atoms with Crippen molar-refractivity contribution in [3.05, 3.63) is 53.6 Å². The fourth-order valence-electron chi connectivity index (χ4n) is 3.15. The maximum Gasteiger partial charge on any atom is 0.433 e. The molecule has 0 bridgehead atoms. The van der Waals surface area contributed by atoms with E-state index in [2.05, 4.69) is 19.9 Å². The Balaban J connectivity index is 1.94. The van der Waals surface area contributed by atoms with Gasteiger partial charge >= 0.3 is 6.18 Å². The van der Waals surface area contributed by atoms with E-state index in [1.165, 1.54) is 30.0 Å². The Morgan fingerprint density at radius 2 is 1.81 bits per heavy atom. The van der Waals surface area contributed by atoms with E-state index in [9.17, 15) is 21.6 Å². The van der Waals surface area contributed by atoms with E-state index in [1.807, 2.05) is 0 Å². The number of imidazole rings is 1. The second-order valence-corrected chi connectivity index (χ2v) is 9.57. The van der Waals surface area contributed by atoms with Crippen LogP contribution in [0.1, 0.15) is 12.6 Å². The minimum Gasteiger partial charge on any atom is -0.324 e. The standard InChI is InChI=1S/C20H15ClF3N5O2S/c1-3-32(30,31)16-6-11(13-5-4-12(21)9-25-13)8-27-18(16)19-28-14-7-17(20(22,23)24)26-10-15(14)29(19)2/h4-10H,3H2,1-2H3. The van der Waals surface area contributed by atoms with Crippen molar-refractivity contribution in [3.63, 3.8) is 0 Å². The molecule has 4 rings (SSSR count). The SMILES string of the molecule is CCS(=O)(=O)c1cc(-c2ccc(Cl)cn2)cnc1-c1nc2cc(C(F)(F)F)ncc2n1C. The topological polar surface area (TPSA) is 90.6 Å². The van der Waals surface area contributed by atoms with Gasteiger partial charge in [-0.3, -0.25) is 9.97 Å². The van der Waals surface area contributed by atoms with Crippen LogP contribution >= 0.6 is 11.6 Å². The number of pyridine rings is 3. The second-order valence-electron chi connectivity index (χ2n) is 6.89. The normalized spacial score (nSPS) is 12.4. The molecule has 0 aliphatic heterocycles. The predicted molar refractivity (Wildman–Crippen MR) is 113 cm³/mol. The number of nitrogens with zero attached hydrogens (tertiary/aromatic N) is 5. The molecule has 166 valence electrons. The van der Waals surface area contributed by atoms with Crippen LogP contribution in [0.15, 0.2) is 47.8 Å². The van der Waals surface area contributed by atoms with E-state index in [1.54, 1.807) is 19.2 Å². The summed E-state index contributed by atoms with van der Waals surface area (Å²) in [5.74, 6) is -0.105. The lowest BCUT2D eigenvalue weighted by molar-refractivity contribution is -0.141. The summed E-state index contributed by atoms with van der Waals surface area (Å²) >= 11 is 5.87. The molecule has 0 fully saturated rings. The fraction of sp³-hybridized carbons (Fsp3) is 0.200. The van der Waals surface area contributed by atoms with Gasteiger partial charge in [-0.05, 0) is 24.3 Å². The van der Waals surface area contributed by atoms with E-state index in [0.717, 1.165) is 12.3 Å². The Labute approximate surface area is 185 Å². The number of hydrogen-bond donors (Lipinski definition) is 0. The number of fused-ring (bicyclic) bond motifs is 1. The largest absolute Gasteiger partial charge is 0.433 e. The summed E-state index contributed by atoms with van der Waals surface area (Å²) in [6, 6.07) is 5.48. The van der Waals surface area contributed by atoms with Gasteiger partial charge in [0.2, 0.25) is 0 Å². The predicted octanol–water partition coefficient (Wildman–Crippen LogP) is 4.56. The molecule has 0 saturated heterocycles. The molecule has 0 spiro atoms. The van der Waals surface area contributed by atoms with Gasteiger partial charge in [0, 0.05) is 25.0 Å². The van der Waals surface area contributed by atoms with Crippen LogP contribution in [0.2, 0.25) is 5.02 Å². The van der Waals surface area contributed by atoms with Crippen molar-refractivity contribution in [2.45, 2.75) is 18.0 Å². The number of rotatable bonds is 4. The molecule has 0 saturated carbocycles. The van der Waals surface area contributed by atoms with Crippen molar-refractivity contribution in [1.29, 1.82) is 0 Å². The van der Waals surface area contributed by atoms with Gasteiger partial charge < -0.3 is 4.57 Å². The van der Waals surface area contributed by atoms with Gasteiger partial charge in [-0.25, -0.2) is 18.4 Å². The van der Waals surface area contributed by atoms with Crippen molar-refractivity contribution in [1.82, 2.24) is 24.5 Å². The zero-order valence-electron chi connectivity index (χ0n) is 16.7. The third-order valence-electron chi connectivity index (χ3n) is 4.86. The van der Waals surface area contributed by atoms with Crippen LogP contribution in [0.5, 0.6) is 0 Å². The van der Waals surface area contributed by atoms with Gasteiger partial charge in [-0.15, -0.1) is 0 Å². The number of aryl methyl sites for hydroxylation is 1. The average molecular weight is 482 g/mol. The Kier molecular flexibility index (Phi) is 5.41. The molecule has 4 heterocycles. The van der Waals surface area contributed by atoms with Gasteiger partial charge in [0.1, 0.15) is 11.4 Å². The van der Waals surface area contributed by atoms with Crippen molar-refractivity contribution in [3.8, 4) is 22.8 Å². The summed E-state index contributed by atoms with van der Waals surface area (Å²) in [5, 5.41) is 0.422. The molecule has 0 atom stereocenters. The molecule has 0 radical (unpaired) electrons. The first-order chi connectivity index (χ1) is 15.0. The molecule has 0 unspecified atom stereocenters. The van der Waals surface area contributed by atoms with Gasteiger partial charge in [0.25, 0.3) is 0 Å². The third kappa shape index (κ3) is 3.93. The summed E-state index contributed by atoms with van der Waals surface area (Å²) in [7, 11) is -2.21. The molecule has 0 amide bonds. The molecule has 12 heteroatoms. The molecular formula is C20H15ClF3N5O2S. The van der Waals surface area contributed by atoms with Gasteiger partial charge in [-0.2, -0.15) is 13.2 Å². The summed E-state index contributed by atoms with van der Waals surface area (Å²) in [4.78, 5) is 16.1. The maximum absolute atomic E-state index is 13.0. The van der Waals surface area contributed by atoms with E-state index in [0.29, 0.717) is 21.8 Å². The van der Waals surface area contributed by atoms with Crippen LogP contribution in [0.3, 0.4) is 0 Å². The van der Waals surface area contributed by atoms with Crippen LogP contribution in [-0.2, 0) is 23.1 Å². The molecule has 0 N–H and O–H groups in total. The highest BCUT2D eigenvalue weighted by molar-refractivity contribution is 7.91. The van der Waals surface area contributed by atoms with E-state index in [4.69, 9.17) is 11.6 Å². The molecule has 0 aliphatic carbocycles. The highest BCUT2D eigenvalue weighted by atomic mass is 35.5. The van der Waals surface area contributed by atoms with Crippen LogP contribution in [0.4, 0.5) is 13.2 Å². The van der Waals surface area contributed by atoms with Crippen LogP contribution in [0, 0.1) is 0 Å². The number of hydrogen-bond acceptors (Lipinski definition) is 6. The lowest BCUT2D eigenvalue weighted by atomic mass is 10.1. The van der Waals surface area contributed by atoms with E-state index >= 15 is 0 Å². The first kappa shape index (κ1) is 22.2. The lowest BCUT2D eigenvalue weighted by Gasteiger charge is -2.11. The number of alkyl halides is 3. The minimum atomic E-state index is -4.63.